The van der Waals surface area contributed by atoms with Crippen LogP contribution in [-0.2, 0) is 0 Å². The highest BCUT2D eigenvalue weighted by molar-refractivity contribution is 7.26. The summed E-state index contributed by atoms with van der Waals surface area (Å²) in [5.41, 5.74) is 8.89. The molecule has 4 nitrogen and oxygen atoms in total. The third-order valence-electron chi connectivity index (χ3n) is 8.68. The van der Waals surface area contributed by atoms with Crippen LogP contribution in [0.2, 0.25) is 0 Å². The van der Waals surface area contributed by atoms with Crippen LogP contribution in [0.5, 0.6) is 0 Å². The van der Waals surface area contributed by atoms with Gasteiger partial charge in [-0.05, 0) is 41.5 Å². The molecule has 0 spiro atoms. The first kappa shape index (κ1) is 26.3. The third kappa shape index (κ3) is 4.12. The van der Waals surface area contributed by atoms with E-state index in [1.807, 2.05) is 36.4 Å². The average Bonchev–Trinajstić information content (AvgIpc) is 3.68. The van der Waals surface area contributed by atoms with Crippen molar-refractivity contribution in [1.29, 1.82) is 5.26 Å². The topological polar surface area (TPSA) is 54.5 Å². The van der Waals surface area contributed by atoms with E-state index in [1.54, 1.807) is 11.3 Å². The smallest absolute Gasteiger partial charge is 0.235 e. The predicted octanol–water partition coefficient (Wildman–Crippen LogP) is 10.8. The lowest BCUT2D eigenvalue weighted by Gasteiger charge is -2.12. The standard InChI is InChI=1S/C41H24N4S/c42-25-29-15-9-17-31-32-18-10-19-33(40(32)46-39(29)31)36-24-35(27-13-5-2-6-14-27)43-41(44-36)45-37-20-8-7-16-30(37)34-23-28(21-22-38(34)45)26-11-3-1-4-12-26/h1-24H. The molecule has 0 aliphatic heterocycles. The molecular weight excluding hydrogens is 581 g/mol. The SMILES string of the molecule is N#Cc1cccc2c1sc1c(-c3cc(-c4ccccc4)nc(-n4c5ccccc5c5cc(-c6ccccc6)ccc54)n3)cccc12. The predicted molar refractivity (Wildman–Crippen MR) is 190 cm³/mol. The van der Waals surface area contributed by atoms with Gasteiger partial charge in [0.2, 0.25) is 5.95 Å². The summed E-state index contributed by atoms with van der Waals surface area (Å²) in [4.78, 5) is 10.5. The van der Waals surface area contributed by atoms with Crippen molar-refractivity contribution >= 4 is 53.3 Å². The van der Waals surface area contributed by atoms with E-state index in [1.165, 1.54) is 11.1 Å². The molecule has 0 radical (unpaired) electrons. The molecule has 3 heterocycles. The van der Waals surface area contributed by atoms with Crippen LogP contribution >= 0.6 is 11.3 Å². The maximum absolute atomic E-state index is 9.84. The fourth-order valence-electron chi connectivity index (χ4n) is 6.54. The summed E-state index contributed by atoms with van der Waals surface area (Å²) in [5.74, 6) is 0.617. The van der Waals surface area contributed by atoms with Gasteiger partial charge in [0.15, 0.2) is 0 Å². The zero-order valence-corrected chi connectivity index (χ0v) is 25.4. The Morgan fingerprint density at radius 2 is 1.15 bits per heavy atom. The fraction of sp³-hybridized carbons (Fsp3) is 0. The van der Waals surface area contributed by atoms with Crippen LogP contribution < -0.4 is 0 Å². The number of para-hydroxylation sites is 1. The Morgan fingerprint density at radius 3 is 1.96 bits per heavy atom. The lowest BCUT2D eigenvalue weighted by Crippen LogP contribution is -2.04. The molecule has 0 atom stereocenters. The Labute approximate surface area is 269 Å². The molecular formula is C41H24N4S. The number of benzene rings is 6. The summed E-state index contributed by atoms with van der Waals surface area (Å²) in [7, 11) is 0. The summed E-state index contributed by atoms with van der Waals surface area (Å²) in [6.07, 6.45) is 0. The summed E-state index contributed by atoms with van der Waals surface area (Å²) in [5, 5.41) is 14.4. The maximum atomic E-state index is 9.84. The lowest BCUT2D eigenvalue weighted by atomic mass is 10.0. The quantitative estimate of drug-likeness (QED) is 0.201. The van der Waals surface area contributed by atoms with Gasteiger partial charge in [-0.15, -0.1) is 11.3 Å². The molecule has 9 rings (SSSR count). The largest absolute Gasteiger partial charge is 0.278 e. The van der Waals surface area contributed by atoms with E-state index < -0.39 is 0 Å². The number of aromatic nitrogens is 3. The van der Waals surface area contributed by atoms with E-state index in [2.05, 4.69) is 120 Å². The highest BCUT2D eigenvalue weighted by Gasteiger charge is 2.19. The second kappa shape index (κ2) is 10.5. The summed E-state index contributed by atoms with van der Waals surface area (Å²) in [6.45, 7) is 0. The first-order valence-electron chi connectivity index (χ1n) is 15.1. The normalized spacial score (nSPS) is 11.5. The number of nitriles is 1. The first-order chi connectivity index (χ1) is 22.8. The van der Waals surface area contributed by atoms with Crippen molar-refractivity contribution in [3.8, 4) is 45.7 Å². The molecule has 0 saturated carbocycles. The molecule has 3 aromatic heterocycles. The molecule has 0 N–H and O–H groups in total. The Kier molecular flexibility index (Phi) is 6.02. The van der Waals surface area contributed by atoms with Crippen LogP contribution in [0.1, 0.15) is 5.56 Å². The molecule has 0 aliphatic carbocycles. The van der Waals surface area contributed by atoms with E-state index in [0.717, 1.165) is 64.5 Å². The molecule has 214 valence electrons. The molecule has 0 aliphatic rings. The van der Waals surface area contributed by atoms with Crippen LogP contribution in [0, 0.1) is 11.3 Å². The number of fused-ring (bicyclic) bond motifs is 6. The van der Waals surface area contributed by atoms with Gasteiger partial charge in [-0.25, -0.2) is 9.97 Å². The number of nitrogens with zero attached hydrogens (tertiary/aromatic N) is 4. The molecule has 6 aromatic carbocycles. The zero-order chi connectivity index (χ0) is 30.6. The maximum Gasteiger partial charge on any atom is 0.235 e. The average molecular weight is 605 g/mol. The molecule has 0 unspecified atom stereocenters. The highest BCUT2D eigenvalue weighted by atomic mass is 32.1. The van der Waals surface area contributed by atoms with Crippen LogP contribution in [-0.4, -0.2) is 14.5 Å². The lowest BCUT2D eigenvalue weighted by molar-refractivity contribution is 0.996. The third-order valence-corrected chi connectivity index (χ3v) is 9.97. The van der Waals surface area contributed by atoms with Crippen LogP contribution in [0.4, 0.5) is 0 Å². The van der Waals surface area contributed by atoms with Crippen molar-refractivity contribution in [2.75, 3.05) is 0 Å². The number of rotatable bonds is 4. The minimum Gasteiger partial charge on any atom is -0.278 e. The van der Waals surface area contributed by atoms with Crippen LogP contribution in [0.25, 0.3) is 81.6 Å². The van der Waals surface area contributed by atoms with Crippen molar-refractivity contribution in [1.82, 2.24) is 14.5 Å². The number of thiophene rings is 1. The van der Waals surface area contributed by atoms with Crippen molar-refractivity contribution in [3.05, 3.63) is 151 Å². The van der Waals surface area contributed by atoms with Gasteiger partial charge in [0.05, 0.1) is 32.7 Å². The summed E-state index contributed by atoms with van der Waals surface area (Å²) in [6, 6.07) is 52.7. The van der Waals surface area contributed by atoms with E-state index >= 15 is 0 Å². The second-order valence-electron chi connectivity index (χ2n) is 11.3. The monoisotopic (exact) mass is 604 g/mol. The molecule has 5 heteroatoms. The molecule has 0 bridgehead atoms. The van der Waals surface area contributed by atoms with E-state index in [4.69, 9.17) is 9.97 Å². The van der Waals surface area contributed by atoms with Gasteiger partial charge in [-0.3, -0.25) is 4.57 Å². The summed E-state index contributed by atoms with van der Waals surface area (Å²) < 4.78 is 4.30. The van der Waals surface area contributed by atoms with Crippen molar-refractivity contribution in [3.63, 3.8) is 0 Å². The summed E-state index contributed by atoms with van der Waals surface area (Å²) >= 11 is 1.65. The van der Waals surface area contributed by atoms with E-state index in [-0.39, 0.29) is 0 Å². The number of hydrogen-bond donors (Lipinski definition) is 0. The van der Waals surface area contributed by atoms with Crippen LogP contribution in [0.3, 0.4) is 0 Å². The van der Waals surface area contributed by atoms with Crippen molar-refractivity contribution in [2.24, 2.45) is 0 Å². The molecule has 0 amide bonds. The van der Waals surface area contributed by atoms with Gasteiger partial charge in [-0.2, -0.15) is 5.26 Å². The van der Waals surface area contributed by atoms with Gasteiger partial charge in [-0.1, -0.05) is 115 Å². The molecule has 46 heavy (non-hydrogen) atoms. The van der Waals surface area contributed by atoms with Gasteiger partial charge in [0.1, 0.15) is 6.07 Å². The highest BCUT2D eigenvalue weighted by Crippen LogP contribution is 2.42. The van der Waals surface area contributed by atoms with Crippen LogP contribution in [0.15, 0.2) is 146 Å². The van der Waals surface area contributed by atoms with Gasteiger partial charge < -0.3 is 0 Å². The fourth-order valence-corrected chi connectivity index (χ4v) is 7.82. The Balaban J connectivity index is 1.33. The first-order valence-corrected chi connectivity index (χ1v) is 16.0. The Hall–Kier alpha value is -6.09. The minimum absolute atomic E-state index is 0.617. The van der Waals surface area contributed by atoms with Gasteiger partial charge >= 0.3 is 0 Å². The Bertz CT molecular complexity index is 2640. The van der Waals surface area contributed by atoms with Gasteiger partial charge in [0, 0.05) is 37.4 Å². The second-order valence-corrected chi connectivity index (χ2v) is 12.4. The molecule has 9 aromatic rings. The van der Waals surface area contributed by atoms with E-state index in [9.17, 15) is 5.26 Å². The minimum atomic E-state index is 0.617. The van der Waals surface area contributed by atoms with E-state index in [0.29, 0.717) is 11.5 Å². The van der Waals surface area contributed by atoms with Gasteiger partial charge in [0.25, 0.3) is 0 Å². The number of hydrogen-bond acceptors (Lipinski definition) is 4. The molecule has 0 saturated heterocycles. The molecule has 0 fully saturated rings. The van der Waals surface area contributed by atoms with Crippen molar-refractivity contribution < 1.29 is 0 Å². The van der Waals surface area contributed by atoms with Crippen molar-refractivity contribution in [2.45, 2.75) is 0 Å². The Morgan fingerprint density at radius 1 is 0.500 bits per heavy atom. The zero-order valence-electron chi connectivity index (χ0n) is 24.6.